The van der Waals surface area contributed by atoms with Crippen LogP contribution in [-0.2, 0) is 10.3 Å². The number of nitrogens with zero attached hydrogens (tertiary/aromatic N) is 2. The van der Waals surface area contributed by atoms with Crippen molar-refractivity contribution in [3.63, 3.8) is 0 Å². The smallest absolute Gasteiger partial charge is 0.219 e. The Bertz CT molecular complexity index is 812. The van der Waals surface area contributed by atoms with E-state index in [1.54, 1.807) is 6.92 Å². The number of carbonyl (C=O) groups excluding carboxylic acids is 1. The SMILES string of the molecule is CC(=O)N(C)C1(c2ccccc2)CCN(C[C@@H]2C[C@@H]2c2ccc(Cl)cc2)CC1. The molecule has 0 radical (unpaired) electrons. The van der Waals surface area contributed by atoms with Crippen molar-refractivity contribution in [2.45, 2.75) is 37.6 Å². The van der Waals surface area contributed by atoms with Crippen LogP contribution in [0.3, 0.4) is 0 Å². The molecule has 2 atom stereocenters. The monoisotopic (exact) mass is 396 g/mol. The number of carbonyl (C=O) groups is 1. The molecule has 2 fully saturated rings. The van der Waals surface area contributed by atoms with Crippen LogP contribution in [0.5, 0.6) is 0 Å². The van der Waals surface area contributed by atoms with Gasteiger partial charge in [0.1, 0.15) is 0 Å². The second-order valence-electron chi connectivity index (χ2n) is 8.43. The highest BCUT2D eigenvalue weighted by molar-refractivity contribution is 6.30. The van der Waals surface area contributed by atoms with E-state index in [0.717, 1.165) is 43.4 Å². The molecule has 2 aromatic rings. The Labute approximate surface area is 173 Å². The van der Waals surface area contributed by atoms with Crippen LogP contribution in [0.1, 0.15) is 43.2 Å². The van der Waals surface area contributed by atoms with Gasteiger partial charge in [0.05, 0.1) is 5.54 Å². The molecule has 1 saturated carbocycles. The van der Waals surface area contributed by atoms with Gasteiger partial charge in [-0.15, -0.1) is 0 Å². The fourth-order valence-electron chi connectivity index (χ4n) is 4.87. The molecule has 0 unspecified atom stereocenters. The minimum Gasteiger partial charge on any atom is -0.336 e. The number of hydrogen-bond acceptors (Lipinski definition) is 2. The summed E-state index contributed by atoms with van der Waals surface area (Å²) in [5, 5.41) is 0.809. The molecular formula is C24H29ClN2O. The Balaban J connectivity index is 1.40. The number of piperidine rings is 1. The van der Waals surface area contributed by atoms with Crippen molar-refractivity contribution in [3.8, 4) is 0 Å². The number of amides is 1. The Morgan fingerprint density at radius 2 is 1.75 bits per heavy atom. The minimum absolute atomic E-state index is 0.141. The molecule has 2 aromatic carbocycles. The summed E-state index contributed by atoms with van der Waals surface area (Å²) in [5.74, 6) is 1.57. The Morgan fingerprint density at radius 1 is 1.11 bits per heavy atom. The van der Waals surface area contributed by atoms with Crippen LogP contribution < -0.4 is 0 Å². The molecule has 2 aliphatic rings. The van der Waals surface area contributed by atoms with Crippen LogP contribution >= 0.6 is 11.6 Å². The van der Waals surface area contributed by atoms with Gasteiger partial charge in [-0.25, -0.2) is 0 Å². The van der Waals surface area contributed by atoms with Gasteiger partial charge in [-0.05, 0) is 54.4 Å². The Morgan fingerprint density at radius 3 is 2.36 bits per heavy atom. The van der Waals surface area contributed by atoms with Gasteiger partial charge in [0.2, 0.25) is 5.91 Å². The van der Waals surface area contributed by atoms with Gasteiger partial charge < -0.3 is 9.80 Å². The maximum absolute atomic E-state index is 12.2. The van der Waals surface area contributed by atoms with Crippen LogP contribution in [0.25, 0.3) is 0 Å². The highest BCUT2D eigenvalue weighted by Gasteiger charge is 2.44. The molecule has 0 spiro atoms. The fourth-order valence-corrected chi connectivity index (χ4v) is 5.00. The first-order valence-electron chi connectivity index (χ1n) is 10.3. The van der Waals surface area contributed by atoms with Crippen molar-refractivity contribution in [2.24, 2.45) is 5.92 Å². The first-order chi connectivity index (χ1) is 13.5. The molecule has 0 bridgehead atoms. The van der Waals surface area contributed by atoms with Crippen LogP contribution in [0.15, 0.2) is 54.6 Å². The van der Waals surface area contributed by atoms with Gasteiger partial charge in [0.25, 0.3) is 0 Å². The molecule has 4 rings (SSSR count). The molecule has 148 valence electrons. The van der Waals surface area contributed by atoms with Crippen molar-refractivity contribution < 1.29 is 4.79 Å². The largest absolute Gasteiger partial charge is 0.336 e. The van der Waals surface area contributed by atoms with E-state index in [2.05, 4.69) is 41.3 Å². The summed E-state index contributed by atoms with van der Waals surface area (Å²) < 4.78 is 0. The maximum atomic E-state index is 12.2. The third kappa shape index (κ3) is 3.83. The first-order valence-corrected chi connectivity index (χ1v) is 10.7. The van der Waals surface area contributed by atoms with Gasteiger partial charge in [-0.1, -0.05) is 54.1 Å². The lowest BCUT2D eigenvalue weighted by Gasteiger charge is -2.47. The topological polar surface area (TPSA) is 23.6 Å². The van der Waals surface area contributed by atoms with Gasteiger partial charge in [-0.2, -0.15) is 0 Å². The molecule has 1 saturated heterocycles. The molecule has 28 heavy (non-hydrogen) atoms. The first kappa shape index (κ1) is 19.5. The number of rotatable bonds is 5. The normalized spacial score (nSPS) is 24.0. The van der Waals surface area contributed by atoms with Crippen molar-refractivity contribution in [1.29, 1.82) is 0 Å². The molecule has 3 nitrogen and oxygen atoms in total. The molecule has 0 aromatic heterocycles. The molecular weight excluding hydrogens is 368 g/mol. The van der Waals surface area contributed by atoms with Crippen molar-refractivity contribution in [2.75, 3.05) is 26.7 Å². The van der Waals surface area contributed by atoms with E-state index in [-0.39, 0.29) is 11.4 Å². The van der Waals surface area contributed by atoms with E-state index in [4.69, 9.17) is 11.6 Å². The summed E-state index contributed by atoms with van der Waals surface area (Å²) in [5.41, 5.74) is 2.50. The van der Waals surface area contributed by atoms with Crippen LogP contribution in [0.2, 0.25) is 5.02 Å². The van der Waals surface area contributed by atoms with E-state index in [0.29, 0.717) is 5.92 Å². The number of likely N-dealkylation sites (tertiary alicyclic amines) is 1. The third-order valence-corrected chi connectivity index (χ3v) is 7.07. The predicted molar refractivity (Wildman–Crippen MR) is 115 cm³/mol. The quantitative estimate of drug-likeness (QED) is 0.716. The summed E-state index contributed by atoms with van der Waals surface area (Å²) in [7, 11) is 1.96. The molecule has 1 heterocycles. The zero-order valence-corrected chi connectivity index (χ0v) is 17.5. The van der Waals surface area contributed by atoms with Gasteiger partial charge in [-0.3, -0.25) is 4.79 Å². The summed E-state index contributed by atoms with van der Waals surface area (Å²) in [4.78, 5) is 16.8. The molecule has 1 aliphatic heterocycles. The van der Waals surface area contributed by atoms with E-state index < -0.39 is 0 Å². The summed E-state index contributed by atoms with van der Waals surface area (Å²) >= 11 is 6.02. The Hall–Kier alpha value is -1.84. The van der Waals surface area contributed by atoms with E-state index in [9.17, 15) is 4.79 Å². The van der Waals surface area contributed by atoms with Crippen LogP contribution in [-0.4, -0.2) is 42.4 Å². The van der Waals surface area contributed by atoms with E-state index in [1.165, 1.54) is 17.5 Å². The number of halogens is 1. The average molecular weight is 397 g/mol. The standard InChI is InChI=1S/C24H29ClN2O/c1-18(28)26(2)24(21-6-4-3-5-7-21)12-14-27(15-13-24)17-20-16-23(20)19-8-10-22(25)11-9-19/h3-11,20,23H,12-17H2,1-2H3/t20-,23+/m0/s1. The van der Waals surface area contributed by atoms with Gasteiger partial charge in [0.15, 0.2) is 0 Å². The van der Waals surface area contributed by atoms with Gasteiger partial charge >= 0.3 is 0 Å². The summed E-state index contributed by atoms with van der Waals surface area (Å²) in [6.07, 6.45) is 3.26. The number of hydrogen-bond donors (Lipinski definition) is 0. The van der Waals surface area contributed by atoms with E-state index in [1.807, 2.05) is 30.1 Å². The predicted octanol–water partition coefficient (Wildman–Crippen LogP) is 4.91. The average Bonchev–Trinajstić information content (AvgIpc) is 3.48. The second-order valence-corrected chi connectivity index (χ2v) is 8.87. The zero-order chi connectivity index (χ0) is 19.7. The van der Waals surface area contributed by atoms with Crippen LogP contribution in [0.4, 0.5) is 0 Å². The molecule has 4 heteroatoms. The highest BCUT2D eigenvalue weighted by atomic mass is 35.5. The van der Waals surface area contributed by atoms with E-state index >= 15 is 0 Å². The van der Waals surface area contributed by atoms with Crippen LogP contribution in [0, 0.1) is 5.92 Å². The maximum Gasteiger partial charge on any atom is 0.219 e. The minimum atomic E-state index is -0.178. The highest BCUT2D eigenvalue weighted by Crippen LogP contribution is 2.48. The van der Waals surface area contributed by atoms with Crippen molar-refractivity contribution in [1.82, 2.24) is 9.80 Å². The van der Waals surface area contributed by atoms with Crippen molar-refractivity contribution in [3.05, 3.63) is 70.7 Å². The zero-order valence-electron chi connectivity index (χ0n) is 16.8. The Kier molecular flexibility index (Phi) is 5.48. The fraction of sp³-hybridized carbons (Fsp3) is 0.458. The molecule has 0 N–H and O–H groups in total. The summed E-state index contributed by atoms with van der Waals surface area (Å²) in [6.45, 7) is 4.91. The second kappa shape index (κ2) is 7.88. The lowest BCUT2D eigenvalue weighted by molar-refractivity contribution is -0.136. The molecule has 1 aliphatic carbocycles. The number of benzene rings is 2. The van der Waals surface area contributed by atoms with Crippen molar-refractivity contribution >= 4 is 17.5 Å². The molecule has 1 amide bonds. The lowest BCUT2D eigenvalue weighted by atomic mass is 9.79. The van der Waals surface area contributed by atoms with Gasteiger partial charge in [0, 0.05) is 38.6 Å². The lowest BCUT2D eigenvalue weighted by Crippen LogP contribution is -2.53. The summed E-state index contributed by atoms with van der Waals surface area (Å²) in [6, 6.07) is 18.9. The third-order valence-electron chi connectivity index (χ3n) is 6.82.